The lowest BCUT2D eigenvalue weighted by Gasteiger charge is -2.27. The molecule has 0 saturated heterocycles. The minimum atomic E-state index is -1.14. The van der Waals surface area contributed by atoms with Crippen LogP contribution in [-0.2, 0) is 15.1 Å². The Bertz CT molecular complexity index is 516. The molecule has 98 valence electrons. The number of carbonyl (C=O) groups excluding carboxylic acids is 1. The summed E-state index contributed by atoms with van der Waals surface area (Å²) in [6.45, 7) is 0. The van der Waals surface area contributed by atoms with Crippen LogP contribution in [-0.4, -0.2) is 13.4 Å². The molecule has 0 aromatic heterocycles. The lowest BCUT2D eigenvalue weighted by atomic mass is 9.87. The smallest absolute Gasteiger partial charge is 0.173 e. The summed E-state index contributed by atoms with van der Waals surface area (Å²) in [6.07, 6.45) is 0.777. The second-order valence-electron chi connectivity index (χ2n) is 4.07. The van der Waals surface area contributed by atoms with Gasteiger partial charge in [-0.3, -0.25) is 4.79 Å². The largest absolute Gasteiger partial charge is 0.361 e. The van der Waals surface area contributed by atoms with E-state index >= 15 is 0 Å². The van der Waals surface area contributed by atoms with E-state index < -0.39 is 5.60 Å². The summed E-state index contributed by atoms with van der Waals surface area (Å²) in [5.74, 6) is 0. The van der Waals surface area contributed by atoms with Crippen molar-refractivity contribution in [2.24, 2.45) is 0 Å². The summed E-state index contributed by atoms with van der Waals surface area (Å²) in [5, 5.41) is 1.21. The van der Waals surface area contributed by atoms with Gasteiger partial charge in [-0.15, -0.1) is 0 Å². The Kier molecular flexibility index (Phi) is 4.25. The first-order chi connectivity index (χ1) is 9.12. The molecular formula is C15H12Cl2O2. The molecule has 2 rings (SSSR count). The molecule has 0 radical (unpaired) electrons. The van der Waals surface area contributed by atoms with Gasteiger partial charge in [0.2, 0.25) is 0 Å². The first-order valence-electron chi connectivity index (χ1n) is 5.66. The Balaban J connectivity index is 2.56. The van der Waals surface area contributed by atoms with Gasteiger partial charge in [-0.1, -0.05) is 47.5 Å². The highest BCUT2D eigenvalue weighted by atomic mass is 35.5. The maximum absolute atomic E-state index is 11.6. The maximum atomic E-state index is 11.6. The van der Waals surface area contributed by atoms with Crippen LogP contribution >= 0.6 is 23.2 Å². The average molecular weight is 295 g/mol. The Labute approximate surface area is 121 Å². The summed E-state index contributed by atoms with van der Waals surface area (Å²) in [6, 6.07) is 14.0. The van der Waals surface area contributed by atoms with Crippen molar-refractivity contribution in [1.29, 1.82) is 0 Å². The highest BCUT2D eigenvalue weighted by molar-refractivity contribution is 6.30. The molecule has 0 amide bonds. The number of ether oxygens (including phenoxy) is 1. The minimum absolute atomic E-state index is 0.607. The van der Waals surface area contributed by atoms with Gasteiger partial charge in [0.05, 0.1) is 0 Å². The van der Waals surface area contributed by atoms with Crippen LogP contribution in [0.25, 0.3) is 0 Å². The lowest BCUT2D eigenvalue weighted by Crippen LogP contribution is -2.31. The number of halogens is 2. The van der Waals surface area contributed by atoms with Crippen molar-refractivity contribution >= 4 is 29.5 Å². The summed E-state index contributed by atoms with van der Waals surface area (Å²) >= 11 is 11.7. The fourth-order valence-electron chi connectivity index (χ4n) is 1.98. The number of methoxy groups -OCH3 is 1. The Morgan fingerprint density at radius 3 is 1.53 bits per heavy atom. The predicted molar refractivity (Wildman–Crippen MR) is 76.8 cm³/mol. The van der Waals surface area contributed by atoms with E-state index in [1.54, 1.807) is 48.5 Å². The molecule has 2 nitrogen and oxygen atoms in total. The average Bonchev–Trinajstić information content (AvgIpc) is 2.44. The molecule has 19 heavy (non-hydrogen) atoms. The number of benzene rings is 2. The van der Waals surface area contributed by atoms with Gasteiger partial charge >= 0.3 is 0 Å². The van der Waals surface area contributed by atoms with Gasteiger partial charge in [-0.05, 0) is 35.4 Å². The van der Waals surface area contributed by atoms with Crippen LogP contribution in [0.2, 0.25) is 10.0 Å². The molecule has 4 heteroatoms. The van der Waals surface area contributed by atoms with E-state index in [-0.39, 0.29) is 0 Å². The molecule has 2 aromatic carbocycles. The summed E-state index contributed by atoms with van der Waals surface area (Å²) < 4.78 is 5.48. The van der Waals surface area contributed by atoms with Crippen LogP contribution < -0.4 is 0 Å². The van der Waals surface area contributed by atoms with Crippen molar-refractivity contribution in [2.45, 2.75) is 5.60 Å². The van der Waals surface area contributed by atoms with Crippen LogP contribution in [0.1, 0.15) is 11.1 Å². The van der Waals surface area contributed by atoms with Crippen LogP contribution in [0.15, 0.2) is 48.5 Å². The normalized spacial score (nSPS) is 11.3. The van der Waals surface area contributed by atoms with Crippen LogP contribution in [0, 0.1) is 0 Å². The van der Waals surface area contributed by atoms with Gasteiger partial charge in [0, 0.05) is 17.2 Å². The van der Waals surface area contributed by atoms with Crippen molar-refractivity contribution in [3.8, 4) is 0 Å². The molecule has 2 aromatic rings. The Hall–Kier alpha value is -1.35. The van der Waals surface area contributed by atoms with Gasteiger partial charge in [-0.2, -0.15) is 0 Å². The molecule has 0 fully saturated rings. The number of carbonyl (C=O) groups is 1. The standard InChI is InChI=1S/C15H12Cl2O2/c1-19-15(10-18,11-2-6-13(16)7-3-11)12-4-8-14(17)9-5-12/h2-10H,1H3. The van der Waals surface area contributed by atoms with E-state index in [1.165, 1.54) is 7.11 Å². The van der Waals surface area contributed by atoms with Gasteiger partial charge in [0.25, 0.3) is 0 Å². The van der Waals surface area contributed by atoms with Crippen molar-refractivity contribution < 1.29 is 9.53 Å². The quantitative estimate of drug-likeness (QED) is 0.794. The monoisotopic (exact) mass is 294 g/mol. The summed E-state index contributed by atoms with van der Waals surface area (Å²) in [5.41, 5.74) is 0.295. The van der Waals surface area contributed by atoms with Gasteiger partial charge in [0.1, 0.15) is 0 Å². The third-order valence-corrected chi connectivity index (χ3v) is 3.54. The van der Waals surface area contributed by atoms with Crippen molar-refractivity contribution in [3.63, 3.8) is 0 Å². The Morgan fingerprint density at radius 1 is 0.895 bits per heavy atom. The molecule has 0 aliphatic heterocycles. The number of hydrogen-bond acceptors (Lipinski definition) is 2. The highest BCUT2D eigenvalue weighted by Gasteiger charge is 2.34. The second kappa shape index (κ2) is 5.74. The van der Waals surface area contributed by atoms with Gasteiger partial charge < -0.3 is 4.74 Å². The summed E-state index contributed by atoms with van der Waals surface area (Å²) in [4.78, 5) is 11.6. The molecule has 0 heterocycles. The number of hydrogen-bond donors (Lipinski definition) is 0. The number of aldehydes is 1. The van der Waals surface area contributed by atoms with Crippen molar-refractivity contribution in [3.05, 3.63) is 69.7 Å². The highest BCUT2D eigenvalue weighted by Crippen LogP contribution is 2.32. The lowest BCUT2D eigenvalue weighted by molar-refractivity contribution is -0.124. The first kappa shape index (κ1) is 14.1. The van der Waals surface area contributed by atoms with Crippen LogP contribution in [0.4, 0.5) is 0 Å². The molecule has 0 saturated carbocycles. The third kappa shape index (κ3) is 2.66. The zero-order valence-electron chi connectivity index (χ0n) is 10.3. The van der Waals surface area contributed by atoms with E-state index in [0.29, 0.717) is 10.0 Å². The van der Waals surface area contributed by atoms with Crippen LogP contribution in [0.5, 0.6) is 0 Å². The van der Waals surface area contributed by atoms with Crippen molar-refractivity contribution in [2.75, 3.05) is 7.11 Å². The Morgan fingerprint density at radius 2 is 1.26 bits per heavy atom. The van der Waals surface area contributed by atoms with E-state index in [9.17, 15) is 4.79 Å². The van der Waals surface area contributed by atoms with E-state index in [0.717, 1.165) is 17.4 Å². The van der Waals surface area contributed by atoms with Gasteiger partial charge in [-0.25, -0.2) is 0 Å². The van der Waals surface area contributed by atoms with E-state index in [1.807, 2.05) is 0 Å². The van der Waals surface area contributed by atoms with E-state index in [4.69, 9.17) is 27.9 Å². The number of rotatable bonds is 4. The second-order valence-corrected chi connectivity index (χ2v) is 4.94. The zero-order chi connectivity index (χ0) is 13.9. The molecule has 0 aliphatic rings. The molecule has 0 N–H and O–H groups in total. The predicted octanol–water partition coefficient (Wildman–Crippen LogP) is 4.08. The van der Waals surface area contributed by atoms with Crippen molar-refractivity contribution in [1.82, 2.24) is 0 Å². The molecular weight excluding hydrogens is 283 g/mol. The SMILES string of the molecule is COC(C=O)(c1ccc(Cl)cc1)c1ccc(Cl)cc1. The minimum Gasteiger partial charge on any atom is -0.361 e. The first-order valence-corrected chi connectivity index (χ1v) is 6.41. The molecule has 0 unspecified atom stereocenters. The maximum Gasteiger partial charge on any atom is 0.173 e. The fourth-order valence-corrected chi connectivity index (χ4v) is 2.23. The van der Waals surface area contributed by atoms with Gasteiger partial charge in [0.15, 0.2) is 11.9 Å². The molecule has 0 atom stereocenters. The third-order valence-electron chi connectivity index (χ3n) is 3.03. The van der Waals surface area contributed by atoms with Crippen LogP contribution in [0.3, 0.4) is 0 Å². The molecule has 0 aliphatic carbocycles. The fraction of sp³-hybridized carbons (Fsp3) is 0.133. The topological polar surface area (TPSA) is 26.3 Å². The van der Waals surface area contributed by atoms with E-state index in [2.05, 4.69) is 0 Å². The zero-order valence-corrected chi connectivity index (χ0v) is 11.8. The molecule has 0 bridgehead atoms. The summed E-state index contributed by atoms with van der Waals surface area (Å²) in [7, 11) is 1.50. The molecule has 0 spiro atoms.